The van der Waals surface area contributed by atoms with Crippen LogP contribution in [0.5, 0.6) is 0 Å². The summed E-state index contributed by atoms with van der Waals surface area (Å²) in [5.74, 6) is 2.12. The topological polar surface area (TPSA) is 12.9 Å². The number of allylic oxidation sites excluding steroid dienone is 8. The van der Waals surface area contributed by atoms with Gasteiger partial charge in [0.1, 0.15) is 0 Å². The zero-order valence-electron chi connectivity index (χ0n) is 23.3. The molecule has 1 fully saturated rings. The second kappa shape index (κ2) is 12.3. The first-order valence-corrected chi connectivity index (χ1v) is 16.2. The number of nitrogens with zero attached hydrogens (tertiary/aromatic N) is 1. The van der Waals surface area contributed by atoms with E-state index in [1.54, 1.807) is 16.7 Å². The summed E-state index contributed by atoms with van der Waals surface area (Å²) in [5, 5.41) is 0. The molecule has 198 valence electrons. The van der Waals surface area contributed by atoms with Gasteiger partial charge in [-0.25, -0.2) is 0 Å². The van der Waals surface area contributed by atoms with Crippen LogP contribution in [0.15, 0.2) is 42.0 Å². The van der Waals surface area contributed by atoms with Crippen molar-refractivity contribution in [2.24, 2.45) is 5.92 Å². The standard InChI is InChI=1S/C36H49N/c1-4-8-18-26-33-34-27(19-11-5-1)20-12-9-17-25-32(34)35-30-23-16-10-15-21-28(30)29-22-13-6-2-3-7-14-24-31(29)36(35)37-33/h2-3,6,13,22,24,27-28,30H,1,4-5,7-12,14-21,23,25-26H2/b3-2?,13-6?,29-22?,31-24+. The Bertz CT molecular complexity index is 1070. The lowest BCUT2D eigenvalue weighted by Crippen LogP contribution is -2.27. The van der Waals surface area contributed by atoms with Crippen molar-refractivity contribution in [2.75, 3.05) is 0 Å². The summed E-state index contributed by atoms with van der Waals surface area (Å²) >= 11 is 0. The molecule has 0 aliphatic heterocycles. The molecule has 0 N–H and O–H groups in total. The van der Waals surface area contributed by atoms with E-state index in [2.05, 4.69) is 36.5 Å². The molecule has 37 heavy (non-hydrogen) atoms. The third-order valence-corrected chi connectivity index (χ3v) is 10.2. The number of fused-ring (bicyclic) bond motifs is 7. The molecule has 3 unspecified atom stereocenters. The maximum Gasteiger partial charge on any atom is 0.0742 e. The summed E-state index contributed by atoms with van der Waals surface area (Å²) in [4.78, 5) is 5.80. The molecule has 3 atom stereocenters. The van der Waals surface area contributed by atoms with E-state index in [1.165, 1.54) is 133 Å². The fraction of sp³-hybridized carbons (Fsp3) is 0.639. The van der Waals surface area contributed by atoms with Crippen LogP contribution in [-0.2, 0) is 12.8 Å². The predicted molar refractivity (Wildman–Crippen MR) is 158 cm³/mol. The highest BCUT2D eigenvalue weighted by Crippen LogP contribution is 2.54. The van der Waals surface area contributed by atoms with Crippen LogP contribution >= 0.6 is 0 Å². The van der Waals surface area contributed by atoms with E-state index in [-0.39, 0.29) is 0 Å². The molecule has 5 aliphatic carbocycles. The SMILES string of the molecule is C1=CC=C2/C(=C\CCC=C1)c1nc3c4c(c1C1CCCCCC21)CCCCCC4CCCCCCCC3. The Morgan fingerprint density at radius 2 is 1.30 bits per heavy atom. The minimum atomic E-state index is 0.678. The molecule has 1 aromatic heterocycles. The molecule has 0 radical (unpaired) electrons. The first kappa shape index (κ1) is 25.4. The lowest BCUT2D eigenvalue weighted by atomic mass is 9.65. The maximum absolute atomic E-state index is 5.80. The summed E-state index contributed by atoms with van der Waals surface area (Å²) in [6, 6.07) is 0. The van der Waals surface area contributed by atoms with Crippen LogP contribution in [0.2, 0.25) is 0 Å². The molecule has 0 aromatic carbocycles. The van der Waals surface area contributed by atoms with Gasteiger partial charge in [0.2, 0.25) is 0 Å². The number of aromatic nitrogens is 1. The second-order valence-electron chi connectivity index (χ2n) is 12.7. The summed E-state index contributed by atoms with van der Waals surface area (Å²) < 4.78 is 0. The van der Waals surface area contributed by atoms with Crippen molar-refractivity contribution in [1.29, 1.82) is 0 Å². The third kappa shape index (κ3) is 5.48. The number of aryl methyl sites for hydroxylation is 1. The molecular weight excluding hydrogens is 446 g/mol. The van der Waals surface area contributed by atoms with Gasteiger partial charge in [-0.1, -0.05) is 101 Å². The van der Waals surface area contributed by atoms with Crippen molar-refractivity contribution in [3.05, 3.63) is 70.1 Å². The molecule has 0 spiro atoms. The monoisotopic (exact) mass is 495 g/mol. The van der Waals surface area contributed by atoms with Crippen LogP contribution in [0.25, 0.3) is 5.57 Å². The summed E-state index contributed by atoms with van der Waals surface area (Å²) in [5.41, 5.74) is 11.4. The quantitative estimate of drug-likeness (QED) is 0.349. The van der Waals surface area contributed by atoms with E-state index in [9.17, 15) is 0 Å². The van der Waals surface area contributed by atoms with E-state index in [1.807, 2.05) is 5.56 Å². The molecule has 1 saturated carbocycles. The zero-order valence-corrected chi connectivity index (χ0v) is 23.3. The fourth-order valence-corrected chi connectivity index (χ4v) is 8.47. The Labute approximate surface area is 226 Å². The Balaban J connectivity index is 1.58. The van der Waals surface area contributed by atoms with Crippen LogP contribution in [-0.4, -0.2) is 4.98 Å². The van der Waals surface area contributed by atoms with Crippen LogP contribution in [0, 0.1) is 5.92 Å². The highest BCUT2D eigenvalue weighted by atomic mass is 14.8. The number of hydrogen-bond donors (Lipinski definition) is 0. The molecule has 0 saturated heterocycles. The first-order chi connectivity index (χ1) is 18.4. The molecule has 1 heteroatoms. The second-order valence-corrected chi connectivity index (χ2v) is 12.7. The molecular formula is C36H49N. The summed E-state index contributed by atoms with van der Waals surface area (Å²) in [6.07, 6.45) is 41.3. The van der Waals surface area contributed by atoms with Crippen LogP contribution in [0.3, 0.4) is 0 Å². The van der Waals surface area contributed by atoms with Crippen molar-refractivity contribution >= 4 is 5.57 Å². The van der Waals surface area contributed by atoms with Crippen LogP contribution in [0.4, 0.5) is 0 Å². The molecule has 0 bridgehead atoms. The predicted octanol–water partition coefficient (Wildman–Crippen LogP) is 10.5. The molecule has 1 heterocycles. The van der Waals surface area contributed by atoms with Crippen molar-refractivity contribution in [3.8, 4) is 0 Å². The number of rotatable bonds is 0. The van der Waals surface area contributed by atoms with Crippen LogP contribution in [0.1, 0.15) is 155 Å². The van der Waals surface area contributed by atoms with Gasteiger partial charge in [0.25, 0.3) is 0 Å². The van der Waals surface area contributed by atoms with Crippen molar-refractivity contribution in [3.63, 3.8) is 0 Å². The molecule has 0 amide bonds. The van der Waals surface area contributed by atoms with Crippen molar-refractivity contribution in [2.45, 2.75) is 140 Å². The van der Waals surface area contributed by atoms with Crippen molar-refractivity contribution < 1.29 is 0 Å². The molecule has 1 aromatic rings. The number of pyridine rings is 1. The van der Waals surface area contributed by atoms with E-state index in [4.69, 9.17) is 4.98 Å². The van der Waals surface area contributed by atoms with Crippen molar-refractivity contribution in [1.82, 2.24) is 4.98 Å². The van der Waals surface area contributed by atoms with Gasteiger partial charge < -0.3 is 0 Å². The van der Waals surface area contributed by atoms with Gasteiger partial charge in [-0.15, -0.1) is 0 Å². The lowest BCUT2D eigenvalue weighted by molar-refractivity contribution is 0.441. The fourth-order valence-electron chi connectivity index (χ4n) is 8.47. The Morgan fingerprint density at radius 3 is 2.19 bits per heavy atom. The van der Waals surface area contributed by atoms with Gasteiger partial charge in [-0.3, -0.25) is 4.98 Å². The van der Waals surface area contributed by atoms with E-state index in [0.29, 0.717) is 11.8 Å². The van der Waals surface area contributed by atoms with E-state index in [0.717, 1.165) is 18.8 Å². The van der Waals surface area contributed by atoms with Gasteiger partial charge in [-0.05, 0) is 110 Å². The molecule has 5 aliphatic rings. The summed E-state index contributed by atoms with van der Waals surface area (Å²) in [7, 11) is 0. The Hall–Kier alpha value is -1.89. The van der Waals surface area contributed by atoms with E-state index < -0.39 is 0 Å². The highest BCUT2D eigenvalue weighted by molar-refractivity contribution is 5.84. The Morgan fingerprint density at radius 1 is 0.595 bits per heavy atom. The summed E-state index contributed by atoms with van der Waals surface area (Å²) in [6.45, 7) is 0. The van der Waals surface area contributed by atoms with Gasteiger partial charge in [-0.2, -0.15) is 0 Å². The smallest absolute Gasteiger partial charge is 0.0742 e. The van der Waals surface area contributed by atoms with Gasteiger partial charge in [0.15, 0.2) is 0 Å². The van der Waals surface area contributed by atoms with Crippen LogP contribution < -0.4 is 0 Å². The lowest BCUT2D eigenvalue weighted by Gasteiger charge is -2.40. The molecule has 1 nitrogen and oxygen atoms in total. The van der Waals surface area contributed by atoms with Gasteiger partial charge in [0.05, 0.1) is 5.69 Å². The molecule has 6 rings (SSSR count). The van der Waals surface area contributed by atoms with E-state index >= 15 is 0 Å². The minimum absolute atomic E-state index is 0.678. The Kier molecular flexibility index (Phi) is 8.45. The average Bonchev–Trinajstić information content (AvgIpc) is 3.17. The maximum atomic E-state index is 5.80. The number of hydrogen-bond acceptors (Lipinski definition) is 1. The minimum Gasteiger partial charge on any atom is -0.252 e. The van der Waals surface area contributed by atoms with Gasteiger partial charge in [0, 0.05) is 5.69 Å². The average molecular weight is 496 g/mol. The largest absolute Gasteiger partial charge is 0.252 e. The normalized spacial score (nSPS) is 30.3. The zero-order chi connectivity index (χ0) is 24.9. The van der Waals surface area contributed by atoms with Gasteiger partial charge >= 0.3 is 0 Å². The highest BCUT2D eigenvalue weighted by Gasteiger charge is 2.40. The first-order valence-electron chi connectivity index (χ1n) is 16.2. The third-order valence-electron chi connectivity index (χ3n) is 10.2.